The third-order valence-corrected chi connectivity index (χ3v) is 5.32. The minimum atomic E-state index is -3.02. The van der Waals surface area contributed by atoms with Gasteiger partial charge in [0.25, 0.3) is 0 Å². The van der Waals surface area contributed by atoms with Crippen molar-refractivity contribution in [1.82, 2.24) is 4.67 Å². The summed E-state index contributed by atoms with van der Waals surface area (Å²) in [5, 5.41) is 0. The summed E-state index contributed by atoms with van der Waals surface area (Å²) in [6.07, 6.45) is 0. The molecule has 0 aromatic heterocycles. The van der Waals surface area contributed by atoms with Crippen LogP contribution in [-0.4, -0.2) is 29.5 Å². The van der Waals surface area contributed by atoms with Crippen LogP contribution in [0.3, 0.4) is 0 Å². The molecule has 0 radical (unpaired) electrons. The van der Waals surface area contributed by atoms with Crippen LogP contribution >= 0.6 is 7.75 Å². The minimum Gasteiger partial charge on any atom is -0.297 e. The van der Waals surface area contributed by atoms with Crippen LogP contribution in [-0.2, 0) is 13.6 Å². The van der Waals surface area contributed by atoms with E-state index in [0.717, 1.165) is 0 Å². The van der Waals surface area contributed by atoms with Gasteiger partial charge in [-0.15, -0.1) is 0 Å². The maximum absolute atomic E-state index is 12.3. The van der Waals surface area contributed by atoms with Gasteiger partial charge in [-0.2, -0.15) is 4.67 Å². The average molecular weight is 221 g/mol. The Kier molecular flexibility index (Phi) is 3.42. The van der Waals surface area contributed by atoms with Gasteiger partial charge in [0.15, 0.2) is 0 Å². The lowest BCUT2D eigenvalue weighted by atomic mass is 10.2. The molecule has 4 nitrogen and oxygen atoms in total. The molecule has 2 atom stereocenters. The molecule has 1 aliphatic heterocycles. The Labute approximate surface area is 86.2 Å². The highest BCUT2D eigenvalue weighted by Gasteiger charge is 2.62. The standard InChI is InChI=1S/C9H20NO3P/c1-6-12-14(11,13-7-2)10-8(3)9(10,4)5/h8H,6-7H2,1-5H3/t8-,10?/m0/s1. The molecule has 1 saturated heterocycles. The number of hydrogen-bond donors (Lipinski definition) is 0. The topological polar surface area (TPSA) is 38.5 Å². The van der Waals surface area contributed by atoms with Crippen molar-refractivity contribution in [2.75, 3.05) is 13.2 Å². The van der Waals surface area contributed by atoms with E-state index in [1.165, 1.54) is 0 Å². The van der Waals surface area contributed by atoms with Gasteiger partial charge in [0.1, 0.15) is 0 Å². The molecule has 0 spiro atoms. The first-order chi connectivity index (χ1) is 6.40. The van der Waals surface area contributed by atoms with E-state index >= 15 is 0 Å². The van der Waals surface area contributed by atoms with Crippen LogP contribution < -0.4 is 0 Å². The van der Waals surface area contributed by atoms with Gasteiger partial charge in [-0.05, 0) is 34.6 Å². The molecule has 1 heterocycles. The van der Waals surface area contributed by atoms with Crippen LogP contribution in [0.2, 0.25) is 0 Å². The van der Waals surface area contributed by atoms with Gasteiger partial charge >= 0.3 is 7.75 Å². The lowest BCUT2D eigenvalue weighted by Crippen LogP contribution is -2.11. The molecule has 84 valence electrons. The summed E-state index contributed by atoms with van der Waals surface area (Å²) in [6, 6.07) is 0.256. The quantitative estimate of drug-likeness (QED) is 0.528. The van der Waals surface area contributed by atoms with E-state index in [1.54, 1.807) is 0 Å². The Balaban J connectivity index is 2.76. The van der Waals surface area contributed by atoms with E-state index < -0.39 is 7.75 Å². The fourth-order valence-electron chi connectivity index (χ4n) is 1.68. The molecule has 1 rings (SSSR count). The molecule has 0 aliphatic carbocycles. The zero-order chi connectivity index (χ0) is 11.0. The van der Waals surface area contributed by atoms with E-state index in [9.17, 15) is 4.57 Å². The molecule has 0 saturated carbocycles. The van der Waals surface area contributed by atoms with Crippen molar-refractivity contribution in [3.63, 3.8) is 0 Å². The number of nitrogens with zero attached hydrogens (tertiary/aromatic N) is 1. The molecule has 1 aliphatic rings. The van der Waals surface area contributed by atoms with E-state index in [-0.39, 0.29) is 11.6 Å². The predicted molar refractivity (Wildman–Crippen MR) is 56.2 cm³/mol. The zero-order valence-corrected chi connectivity index (χ0v) is 10.5. The fraction of sp³-hybridized carbons (Fsp3) is 1.00. The Morgan fingerprint density at radius 2 is 1.64 bits per heavy atom. The monoisotopic (exact) mass is 221 g/mol. The second-order valence-corrected chi connectivity index (χ2v) is 5.86. The van der Waals surface area contributed by atoms with Crippen LogP contribution in [0, 0.1) is 0 Å². The van der Waals surface area contributed by atoms with Gasteiger partial charge in [0, 0.05) is 11.6 Å². The van der Waals surface area contributed by atoms with Crippen molar-refractivity contribution in [3.05, 3.63) is 0 Å². The largest absolute Gasteiger partial charge is 0.409 e. The summed E-state index contributed by atoms with van der Waals surface area (Å²) in [4.78, 5) is 0. The van der Waals surface area contributed by atoms with E-state index in [2.05, 4.69) is 0 Å². The predicted octanol–water partition coefficient (Wildman–Crippen LogP) is 2.65. The third kappa shape index (κ3) is 1.89. The molecular formula is C9H20NO3P. The Morgan fingerprint density at radius 3 is 1.86 bits per heavy atom. The maximum Gasteiger partial charge on any atom is 0.409 e. The normalized spacial score (nSPS) is 30.4. The zero-order valence-electron chi connectivity index (χ0n) is 9.61. The summed E-state index contributed by atoms with van der Waals surface area (Å²) in [5.41, 5.74) is -0.0696. The first-order valence-corrected chi connectivity index (χ1v) is 6.58. The van der Waals surface area contributed by atoms with Crippen LogP contribution in [0.25, 0.3) is 0 Å². The highest BCUT2D eigenvalue weighted by atomic mass is 31.2. The molecule has 14 heavy (non-hydrogen) atoms. The molecule has 0 aromatic carbocycles. The molecule has 1 unspecified atom stereocenters. The van der Waals surface area contributed by atoms with Gasteiger partial charge in [-0.3, -0.25) is 9.05 Å². The first-order valence-electron chi connectivity index (χ1n) is 5.09. The summed E-state index contributed by atoms with van der Waals surface area (Å²) >= 11 is 0. The second kappa shape index (κ2) is 3.93. The molecule has 0 amide bonds. The van der Waals surface area contributed by atoms with Crippen LogP contribution in [0.1, 0.15) is 34.6 Å². The van der Waals surface area contributed by atoms with Crippen molar-refractivity contribution in [2.24, 2.45) is 0 Å². The summed E-state index contributed by atoms with van der Waals surface area (Å²) in [7, 11) is -3.02. The molecular weight excluding hydrogens is 201 g/mol. The Morgan fingerprint density at radius 1 is 1.29 bits per heavy atom. The molecule has 0 bridgehead atoms. The molecule has 0 aromatic rings. The summed E-state index contributed by atoms with van der Waals surface area (Å²) < 4.78 is 24.6. The Bertz CT molecular complexity index is 244. The smallest absolute Gasteiger partial charge is 0.297 e. The third-order valence-electron chi connectivity index (χ3n) is 2.76. The Hall–Kier alpha value is 0.110. The van der Waals surface area contributed by atoms with Gasteiger partial charge in [-0.1, -0.05) is 0 Å². The average Bonchev–Trinajstić information content (AvgIpc) is 2.52. The summed E-state index contributed by atoms with van der Waals surface area (Å²) in [5.74, 6) is 0. The lowest BCUT2D eigenvalue weighted by Gasteiger charge is -2.19. The van der Waals surface area contributed by atoms with E-state index in [4.69, 9.17) is 9.05 Å². The highest BCUT2D eigenvalue weighted by molar-refractivity contribution is 7.51. The van der Waals surface area contributed by atoms with Gasteiger partial charge in [0.2, 0.25) is 0 Å². The molecule has 5 heteroatoms. The first kappa shape index (κ1) is 12.2. The second-order valence-electron chi connectivity index (χ2n) is 3.98. The highest BCUT2D eigenvalue weighted by Crippen LogP contribution is 2.65. The summed E-state index contributed by atoms with van der Waals surface area (Å²) in [6.45, 7) is 10.6. The van der Waals surface area contributed by atoms with Gasteiger partial charge < -0.3 is 0 Å². The van der Waals surface area contributed by atoms with Gasteiger partial charge in [-0.25, -0.2) is 4.57 Å². The molecule has 0 N–H and O–H groups in total. The molecule has 1 fully saturated rings. The van der Waals surface area contributed by atoms with Crippen LogP contribution in [0.15, 0.2) is 0 Å². The van der Waals surface area contributed by atoms with Crippen molar-refractivity contribution in [3.8, 4) is 0 Å². The maximum atomic E-state index is 12.3. The van der Waals surface area contributed by atoms with Crippen LogP contribution in [0.4, 0.5) is 0 Å². The fourth-order valence-corrected chi connectivity index (χ4v) is 4.11. The SMILES string of the molecule is CCOP(=O)(OCC)N1[C@@H](C)C1(C)C. The lowest BCUT2D eigenvalue weighted by molar-refractivity contribution is 0.190. The van der Waals surface area contributed by atoms with Crippen LogP contribution in [0.5, 0.6) is 0 Å². The minimum absolute atomic E-state index is 0.0696. The number of rotatable bonds is 5. The van der Waals surface area contributed by atoms with E-state index in [1.807, 2.05) is 39.3 Å². The van der Waals surface area contributed by atoms with Crippen molar-refractivity contribution < 1.29 is 13.6 Å². The number of hydrogen-bond acceptors (Lipinski definition) is 3. The van der Waals surface area contributed by atoms with Crippen molar-refractivity contribution in [2.45, 2.75) is 46.2 Å². The van der Waals surface area contributed by atoms with Crippen molar-refractivity contribution in [1.29, 1.82) is 0 Å². The van der Waals surface area contributed by atoms with Gasteiger partial charge in [0.05, 0.1) is 13.2 Å². The van der Waals surface area contributed by atoms with E-state index in [0.29, 0.717) is 13.2 Å². The van der Waals surface area contributed by atoms with Crippen molar-refractivity contribution >= 4 is 7.75 Å².